The van der Waals surface area contributed by atoms with Crippen molar-refractivity contribution in [2.24, 2.45) is 0 Å². The van der Waals surface area contributed by atoms with Crippen LogP contribution < -0.4 is 10.6 Å². The normalized spacial score (nSPS) is 13.2. The Morgan fingerprint density at radius 3 is 1.32 bits per heavy atom. The summed E-state index contributed by atoms with van der Waals surface area (Å²) in [5.74, 6) is -1.19. The van der Waals surface area contributed by atoms with Crippen molar-refractivity contribution in [2.75, 3.05) is 66.0 Å². The van der Waals surface area contributed by atoms with Crippen LogP contribution in [0.2, 0.25) is 0 Å². The van der Waals surface area contributed by atoms with Crippen LogP contribution in [-0.4, -0.2) is 87.7 Å². The van der Waals surface area contributed by atoms with Gasteiger partial charge >= 0.3 is 0 Å². The van der Waals surface area contributed by atoms with Crippen LogP contribution in [0, 0.1) is 0 Å². The second-order valence-corrected chi connectivity index (χ2v) is 10.7. The molecule has 1 aliphatic carbocycles. The number of carbonyl (C=O) groups excluding carboxylic acids is 4. The lowest BCUT2D eigenvalue weighted by atomic mass is 9.82. The summed E-state index contributed by atoms with van der Waals surface area (Å²) in [6.07, 6.45) is 0.529. The van der Waals surface area contributed by atoms with Crippen LogP contribution in [0.3, 0.4) is 0 Å². The van der Waals surface area contributed by atoms with Crippen molar-refractivity contribution in [3.8, 4) is 0 Å². The summed E-state index contributed by atoms with van der Waals surface area (Å²) in [6, 6.07) is 9.77. The molecule has 2 N–H and O–H groups in total. The van der Waals surface area contributed by atoms with Gasteiger partial charge in [-0.05, 0) is 12.1 Å². The van der Waals surface area contributed by atoms with Crippen molar-refractivity contribution in [3.05, 3.63) is 58.7 Å². The molecule has 34 heavy (non-hydrogen) atoms. The van der Waals surface area contributed by atoms with Crippen LogP contribution in [0.15, 0.2) is 36.4 Å². The SMILES string of the molecule is C[N+](C)(C)CCC(=O)Nc1ccc(NC(=O)CC[N+](C)(C)C)c2c1C(=O)c1ccccc1C2=O. The number of nitrogens with zero attached hydrogens (tertiary/aromatic N) is 2. The van der Waals surface area contributed by atoms with Gasteiger partial charge in [-0.25, -0.2) is 0 Å². The first-order chi connectivity index (χ1) is 15.8. The highest BCUT2D eigenvalue weighted by Gasteiger charge is 2.34. The predicted octanol–water partition coefficient (Wildman–Crippen LogP) is 2.53. The molecule has 0 fully saturated rings. The number of rotatable bonds is 8. The fourth-order valence-electron chi connectivity index (χ4n) is 3.73. The predicted molar refractivity (Wildman–Crippen MR) is 132 cm³/mol. The number of fused-ring (bicyclic) bond motifs is 2. The zero-order valence-corrected chi connectivity index (χ0v) is 20.8. The van der Waals surface area contributed by atoms with Crippen molar-refractivity contribution >= 4 is 34.8 Å². The Balaban J connectivity index is 1.99. The van der Waals surface area contributed by atoms with Crippen LogP contribution in [0.5, 0.6) is 0 Å². The average Bonchev–Trinajstić information content (AvgIpc) is 2.74. The zero-order valence-electron chi connectivity index (χ0n) is 20.8. The minimum atomic E-state index is -0.352. The van der Waals surface area contributed by atoms with Gasteiger partial charge in [0.05, 0.1) is 90.7 Å². The maximum atomic E-state index is 13.4. The molecule has 2 amide bonds. The number of hydrogen-bond acceptors (Lipinski definition) is 4. The molecule has 2 aromatic rings. The van der Waals surface area contributed by atoms with Crippen molar-refractivity contribution in [1.82, 2.24) is 0 Å². The number of ketones is 2. The molecule has 0 atom stereocenters. The molecular formula is C26H34N4O4+2. The van der Waals surface area contributed by atoms with Crippen molar-refractivity contribution in [2.45, 2.75) is 12.8 Å². The molecule has 8 heteroatoms. The van der Waals surface area contributed by atoms with Gasteiger partial charge < -0.3 is 19.6 Å². The topological polar surface area (TPSA) is 92.3 Å². The van der Waals surface area contributed by atoms with E-state index in [-0.39, 0.29) is 69.9 Å². The Morgan fingerprint density at radius 2 is 1.00 bits per heavy atom. The summed E-state index contributed by atoms with van der Waals surface area (Å²) in [7, 11) is 11.9. The number of hydrogen-bond donors (Lipinski definition) is 2. The first-order valence-electron chi connectivity index (χ1n) is 11.3. The third-order valence-electron chi connectivity index (χ3n) is 5.64. The molecule has 0 radical (unpaired) electrons. The summed E-state index contributed by atoms with van der Waals surface area (Å²) >= 11 is 0. The van der Waals surface area contributed by atoms with Gasteiger partial charge in [0.25, 0.3) is 0 Å². The molecule has 0 spiro atoms. The number of benzene rings is 2. The van der Waals surface area contributed by atoms with Gasteiger partial charge in [0.2, 0.25) is 11.8 Å². The first kappa shape index (κ1) is 25.3. The highest BCUT2D eigenvalue weighted by Crippen LogP contribution is 2.36. The van der Waals surface area contributed by atoms with Crippen molar-refractivity contribution < 1.29 is 28.1 Å². The molecule has 0 aliphatic heterocycles. The van der Waals surface area contributed by atoms with E-state index in [1.807, 2.05) is 42.3 Å². The molecule has 3 rings (SSSR count). The summed E-state index contributed by atoms with van der Waals surface area (Å²) < 4.78 is 1.24. The third-order valence-corrected chi connectivity index (χ3v) is 5.64. The first-order valence-corrected chi connectivity index (χ1v) is 11.3. The minimum absolute atomic E-state index is 0.117. The van der Waals surface area contributed by atoms with E-state index in [1.165, 1.54) is 0 Å². The molecule has 2 aromatic carbocycles. The quantitative estimate of drug-likeness (QED) is 0.499. The van der Waals surface area contributed by atoms with E-state index in [9.17, 15) is 19.2 Å². The lowest BCUT2D eigenvalue weighted by Crippen LogP contribution is -2.37. The van der Waals surface area contributed by atoms with Crippen LogP contribution in [0.1, 0.15) is 44.7 Å². The molecule has 0 bridgehead atoms. The van der Waals surface area contributed by atoms with Gasteiger partial charge in [-0.2, -0.15) is 0 Å². The van der Waals surface area contributed by atoms with Gasteiger partial charge in [0.1, 0.15) is 0 Å². The Bertz CT molecular complexity index is 1070. The van der Waals surface area contributed by atoms with Crippen molar-refractivity contribution in [1.29, 1.82) is 0 Å². The number of quaternary nitrogens is 2. The van der Waals surface area contributed by atoms with Gasteiger partial charge in [-0.15, -0.1) is 0 Å². The van der Waals surface area contributed by atoms with E-state index in [2.05, 4.69) is 10.6 Å². The summed E-state index contributed by atoms with van der Waals surface area (Å²) in [5.41, 5.74) is 1.36. The Hall–Kier alpha value is -3.36. The van der Waals surface area contributed by atoms with Gasteiger partial charge in [-0.1, -0.05) is 24.3 Å². The molecule has 0 unspecified atom stereocenters. The maximum Gasteiger partial charge on any atom is 0.230 e. The van der Waals surface area contributed by atoms with Gasteiger partial charge in [0.15, 0.2) is 11.6 Å². The second-order valence-electron chi connectivity index (χ2n) is 10.7. The molecule has 8 nitrogen and oxygen atoms in total. The third kappa shape index (κ3) is 5.95. The van der Waals surface area contributed by atoms with Crippen molar-refractivity contribution in [3.63, 3.8) is 0 Å². The lowest BCUT2D eigenvalue weighted by molar-refractivity contribution is -0.869. The molecule has 0 aromatic heterocycles. The van der Waals surface area contributed by atoms with E-state index >= 15 is 0 Å². The highest BCUT2D eigenvalue weighted by atomic mass is 16.2. The molecular weight excluding hydrogens is 432 g/mol. The monoisotopic (exact) mass is 466 g/mol. The van der Waals surface area contributed by atoms with E-state index in [1.54, 1.807) is 36.4 Å². The number of anilines is 2. The van der Waals surface area contributed by atoms with Crippen LogP contribution in [-0.2, 0) is 9.59 Å². The summed E-state index contributed by atoms with van der Waals surface area (Å²) in [6.45, 7) is 1.23. The average molecular weight is 467 g/mol. The molecule has 1 aliphatic rings. The Labute approximate surface area is 200 Å². The zero-order chi connectivity index (χ0) is 25.3. The van der Waals surface area contributed by atoms with Crippen LogP contribution in [0.4, 0.5) is 11.4 Å². The summed E-state index contributed by atoms with van der Waals surface area (Å²) in [4.78, 5) is 52.2. The summed E-state index contributed by atoms with van der Waals surface area (Å²) in [5, 5.41) is 5.63. The van der Waals surface area contributed by atoms with E-state index in [0.717, 1.165) is 0 Å². The van der Waals surface area contributed by atoms with E-state index in [4.69, 9.17) is 0 Å². The fraction of sp³-hybridized carbons (Fsp3) is 0.385. The second kappa shape index (κ2) is 9.48. The molecule has 0 saturated heterocycles. The van der Waals surface area contributed by atoms with Crippen LogP contribution in [0.25, 0.3) is 0 Å². The Morgan fingerprint density at radius 1 is 0.647 bits per heavy atom. The van der Waals surface area contributed by atoms with Crippen LogP contribution >= 0.6 is 0 Å². The Kier molecular flexibility index (Phi) is 7.05. The number of nitrogens with one attached hydrogen (secondary N) is 2. The van der Waals surface area contributed by atoms with E-state index < -0.39 is 0 Å². The highest BCUT2D eigenvalue weighted by molar-refractivity contribution is 6.32. The molecule has 180 valence electrons. The number of amides is 2. The van der Waals surface area contributed by atoms with Gasteiger partial charge in [-0.3, -0.25) is 19.2 Å². The maximum absolute atomic E-state index is 13.4. The standard InChI is InChI=1S/C26H32N4O4/c1-29(2,3)15-13-21(31)27-19-11-12-20(28-22(32)14-16-30(4,5)6)24-23(19)25(33)17-9-7-8-10-18(17)26(24)34/h7-12H,13-16H2,1-6H3/p+2. The van der Waals surface area contributed by atoms with E-state index in [0.29, 0.717) is 22.1 Å². The lowest BCUT2D eigenvalue weighted by Gasteiger charge is -2.25. The minimum Gasteiger partial charge on any atom is -0.330 e. The smallest absolute Gasteiger partial charge is 0.230 e. The molecule has 0 heterocycles. The number of carbonyl (C=O) groups is 4. The largest absolute Gasteiger partial charge is 0.330 e. The fourth-order valence-corrected chi connectivity index (χ4v) is 3.73. The van der Waals surface area contributed by atoms with Gasteiger partial charge in [0, 0.05) is 11.1 Å². The molecule has 0 saturated carbocycles.